The number of aryl methyl sites for hydroxylation is 2. The molecule has 0 aliphatic carbocycles. The lowest BCUT2D eigenvalue weighted by atomic mass is 9.96. The summed E-state index contributed by atoms with van der Waals surface area (Å²) in [7, 11) is 2.01. The quantitative estimate of drug-likeness (QED) is 0.541. The van der Waals surface area contributed by atoms with Crippen LogP contribution in [0, 0.1) is 5.92 Å². The Labute approximate surface area is 110 Å². The van der Waals surface area contributed by atoms with Crippen LogP contribution in [0.25, 0.3) is 0 Å². The monoisotopic (exact) mass is 254 g/mol. The van der Waals surface area contributed by atoms with Crippen LogP contribution in [0.4, 0.5) is 0 Å². The van der Waals surface area contributed by atoms with E-state index in [1.807, 2.05) is 30.9 Å². The van der Waals surface area contributed by atoms with E-state index in [9.17, 15) is 0 Å². The molecule has 0 aliphatic rings. The van der Waals surface area contributed by atoms with Gasteiger partial charge in [0.1, 0.15) is 5.82 Å². The van der Waals surface area contributed by atoms with E-state index in [1.54, 1.807) is 0 Å². The first kappa shape index (κ1) is 15.1. The van der Waals surface area contributed by atoms with Gasteiger partial charge in [0.25, 0.3) is 0 Å². The maximum Gasteiger partial charge on any atom is 0.108 e. The molecular weight excluding hydrogens is 228 g/mol. The van der Waals surface area contributed by atoms with Crippen molar-refractivity contribution in [3.8, 4) is 0 Å². The molecule has 0 amide bonds. The first-order valence-electron chi connectivity index (χ1n) is 6.64. The first-order chi connectivity index (χ1) is 8.60. The molecule has 0 aromatic carbocycles. The van der Waals surface area contributed by atoms with Crippen molar-refractivity contribution in [2.45, 2.75) is 45.8 Å². The summed E-state index contributed by atoms with van der Waals surface area (Å²) in [5.74, 6) is 7.18. The van der Waals surface area contributed by atoms with Crippen LogP contribution in [-0.4, -0.2) is 28.3 Å². The number of nitrogens with one attached hydrogen (secondary N) is 1. The highest BCUT2D eigenvalue weighted by Gasteiger charge is 2.24. The summed E-state index contributed by atoms with van der Waals surface area (Å²) in [5, 5.41) is 0. The summed E-state index contributed by atoms with van der Waals surface area (Å²) in [6.45, 7) is 7.04. The molecule has 0 saturated carbocycles. The standard InChI is InChI=1S/C13H26N4O/c1-5-18-13(10(2)3)11(16-14)6-7-12-15-8-9-17(12)4/h8-11,13,16H,5-7,14H2,1-4H3. The maximum atomic E-state index is 5.79. The molecule has 18 heavy (non-hydrogen) atoms. The third-order valence-corrected chi connectivity index (χ3v) is 3.23. The Morgan fingerprint density at radius 3 is 2.67 bits per heavy atom. The summed E-state index contributed by atoms with van der Waals surface area (Å²) < 4.78 is 7.83. The lowest BCUT2D eigenvalue weighted by molar-refractivity contribution is 0.00139. The van der Waals surface area contributed by atoms with Crippen LogP contribution in [0.5, 0.6) is 0 Å². The van der Waals surface area contributed by atoms with E-state index in [4.69, 9.17) is 10.6 Å². The average Bonchev–Trinajstić information content (AvgIpc) is 2.74. The van der Waals surface area contributed by atoms with Crippen molar-refractivity contribution in [3.05, 3.63) is 18.2 Å². The zero-order valence-electron chi connectivity index (χ0n) is 11.9. The number of nitrogens with two attached hydrogens (primary N) is 1. The minimum Gasteiger partial charge on any atom is -0.377 e. The largest absolute Gasteiger partial charge is 0.377 e. The second kappa shape index (κ2) is 7.51. The fourth-order valence-electron chi connectivity index (χ4n) is 2.23. The van der Waals surface area contributed by atoms with Crippen molar-refractivity contribution in [2.24, 2.45) is 18.8 Å². The summed E-state index contributed by atoms with van der Waals surface area (Å²) >= 11 is 0. The molecule has 1 aromatic heterocycles. The predicted octanol–water partition coefficient (Wildman–Crippen LogP) is 1.25. The molecule has 1 heterocycles. The number of hydrogen-bond acceptors (Lipinski definition) is 4. The van der Waals surface area contributed by atoms with Crippen LogP contribution in [0.1, 0.15) is 33.0 Å². The number of nitrogens with zero attached hydrogens (tertiary/aromatic N) is 2. The minimum atomic E-state index is 0.139. The van der Waals surface area contributed by atoms with Crippen molar-refractivity contribution >= 4 is 0 Å². The Balaban J connectivity index is 2.57. The third kappa shape index (κ3) is 4.08. The van der Waals surface area contributed by atoms with Gasteiger partial charge in [-0.05, 0) is 19.3 Å². The van der Waals surface area contributed by atoms with Gasteiger partial charge in [0.05, 0.1) is 6.10 Å². The van der Waals surface area contributed by atoms with Crippen LogP contribution in [-0.2, 0) is 18.2 Å². The topological polar surface area (TPSA) is 65.1 Å². The first-order valence-corrected chi connectivity index (χ1v) is 6.64. The lowest BCUT2D eigenvalue weighted by Crippen LogP contribution is -2.47. The summed E-state index contributed by atoms with van der Waals surface area (Å²) in [6, 6.07) is 0.154. The van der Waals surface area contributed by atoms with Gasteiger partial charge in [-0.25, -0.2) is 4.98 Å². The number of ether oxygens (including phenoxy) is 1. The molecule has 2 unspecified atom stereocenters. The highest BCUT2D eigenvalue weighted by molar-refractivity contribution is 4.93. The summed E-state index contributed by atoms with van der Waals surface area (Å²) in [6.07, 6.45) is 5.74. The average molecular weight is 254 g/mol. The van der Waals surface area contributed by atoms with Crippen molar-refractivity contribution in [1.82, 2.24) is 15.0 Å². The molecule has 2 atom stereocenters. The molecule has 1 rings (SSSR count). The highest BCUT2D eigenvalue weighted by atomic mass is 16.5. The molecule has 5 nitrogen and oxygen atoms in total. The molecular formula is C13H26N4O. The zero-order valence-corrected chi connectivity index (χ0v) is 11.9. The Morgan fingerprint density at radius 2 is 2.22 bits per heavy atom. The van der Waals surface area contributed by atoms with E-state index in [0.29, 0.717) is 12.5 Å². The van der Waals surface area contributed by atoms with E-state index in [1.165, 1.54) is 0 Å². The predicted molar refractivity (Wildman–Crippen MR) is 72.9 cm³/mol. The van der Waals surface area contributed by atoms with Gasteiger partial charge < -0.3 is 9.30 Å². The second-order valence-electron chi connectivity index (χ2n) is 4.93. The molecule has 0 fully saturated rings. The minimum absolute atomic E-state index is 0.139. The summed E-state index contributed by atoms with van der Waals surface area (Å²) in [4.78, 5) is 4.33. The van der Waals surface area contributed by atoms with Crippen molar-refractivity contribution < 1.29 is 4.74 Å². The van der Waals surface area contributed by atoms with Gasteiger partial charge >= 0.3 is 0 Å². The Bertz CT molecular complexity index is 337. The Morgan fingerprint density at radius 1 is 1.50 bits per heavy atom. The van der Waals surface area contributed by atoms with E-state index in [-0.39, 0.29) is 12.1 Å². The number of aromatic nitrogens is 2. The Hall–Kier alpha value is -0.910. The lowest BCUT2D eigenvalue weighted by Gasteiger charge is -2.29. The number of hydrazine groups is 1. The van der Waals surface area contributed by atoms with E-state index in [2.05, 4.69) is 24.3 Å². The molecule has 5 heteroatoms. The van der Waals surface area contributed by atoms with Crippen LogP contribution >= 0.6 is 0 Å². The molecule has 0 radical (unpaired) electrons. The number of hydrogen-bond donors (Lipinski definition) is 2. The molecule has 1 aromatic rings. The van der Waals surface area contributed by atoms with Crippen molar-refractivity contribution in [1.29, 1.82) is 0 Å². The van der Waals surface area contributed by atoms with Crippen molar-refractivity contribution in [3.63, 3.8) is 0 Å². The maximum absolute atomic E-state index is 5.79. The second-order valence-corrected chi connectivity index (χ2v) is 4.93. The fourth-order valence-corrected chi connectivity index (χ4v) is 2.23. The molecule has 0 bridgehead atoms. The summed E-state index contributed by atoms with van der Waals surface area (Å²) in [5.41, 5.74) is 2.89. The van der Waals surface area contributed by atoms with Gasteiger partial charge in [0.15, 0.2) is 0 Å². The third-order valence-electron chi connectivity index (χ3n) is 3.23. The number of imidazole rings is 1. The highest BCUT2D eigenvalue weighted by Crippen LogP contribution is 2.15. The fraction of sp³-hybridized carbons (Fsp3) is 0.769. The SMILES string of the molecule is CCOC(C(C)C)C(CCc1nccn1C)NN. The molecule has 104 valence electrons. The van der Waals surface area contributed by atoms with Crippen LogP contribution in [0.3, 0.4) is 0 Å². The van der Waals surface area contributed by atoms with Gasteiger partial charge in [0.2, 0.25) is 0 Å². The van der Waals surface area contributed by atoms with Gasteiger partial charge in [-0.15, -0.1) is 0 Å². The van der Waals surface area contributed by atoms with Crippen LogP contribution < -0.4 is 11.3 Å². The van der Waals surface area contributed by atoms with Crippen LogP contribution in [0.2, 0.25) is 0 Å². The number of rotatable bonds is 8. The van der Waals surface area contributed by atoms with E-state index < -0.39 is 0 Å². The molecule has 3 N–H and O–H groups in total. The van der Waals surface area contributed by atoms with Gasteiger partial charge in [0, 0.05) is 38.5 Å². The van der Waals surface area contributed by atoms with E-state index in [0.717, 1.165) is 18.7 Å². The Kier molecular flexibility index (Phi) is 6.32. The van der Waals surface area contributed by atoms with Gasteiger partial charge in [-0.3, -0.25) is 11.3 Å². The zero-order chi connectivity index (χ0) is 13.5. The normalized spacial score (nSPS) is 15.0. The van der Waals surface area contributed by atoms with E-state index >= 15 is 0 Å². The van der Waals surface area contributed by atoms with Gasteiger partial charge in [-0.2, -0.15) is 0 Å². The van der Waals surface area contributed by atoms with Crippen LogP contribution in [0.15, 0.2) is 12.4 Å². The smallest absolute Gasteiger partial charge is 0.108 e. The molecule has 0 saturated heterocycles. The molecule has 0 spiro atoms. The molecule has 0 aliphatic heterocycles. The van der Waals surface area contributed by atoms with Crippen molar-refractivity contribution in [2.75, 3.05) is 6.61 Å². The van der Waals surface area contributed by atoms with Gasteiger partial charge in [-0.1, -0.05) is 13.8 Å².